The van der Waals surface area contributed by atoms with Crippen LogP contribution in [0.3, 0.4) is 0 Å². The number of hydrogen-bond donors (Lipinski definition) is 2. The van der Waals surface area contributed by atoms with Crippen LogP contribution in [-0.2, 0) is 6.42 Å². The molecule has 0 aliphatic rings. The van der Waals surface area contributed by atoms with Crippen LogP contribution in [0.4, 0.5) is 0 Å². The molecule has 0 spiro atoms. The van der Waals surface area contributed by atoms with Crippen molar-refractivity contribution in [1.29, 1.82) is 0 Å². The molecular formula is C18H16N2OS. The van der Waals surface area contributed by atoms with Gasteiger partial charge >= 0.3 is 0 Å². The fourth-order valence-corrected chi connectivity index (χ4v) is 2.64. The second-order valence-electron chi connectivity index (χ2n) is 5.25. The first-order valence-corrected chi connectivity index (χ1v) is 7.51. The van der Waals surface area contributed by atoms with Gasteiger partial charge in [0.25, 0.3) is 5.56 Å². The van der Waals surface area contributed by atoms with Crippen LogP contribution in [0, 0.1) is 11.7 Å². The summed E-state index contributed by atoms with van der Waals surface area (Å²) in [7, 11) is 0. The largest absolute Gasteiger partial charge is 0.335 e. The standard InChI is InChI=1S/C18H16N2OS/c1-12-16(19-18(22)20-17(12)21)11-13-7-9-15(10-8-13)14-5-3-2-4-6-14/h2-10H,11H2,1H3,(H2,19,20,21,22). The van der Waals surface area contributed by atoms with Gasteiger partial charge in [-0.25, -0.2) is 0 Å². The van der Waals surface area contributed by atoms with Gasteiger partial charge in [-0.3, -0.25) is 9.78 Å². The minimum Gasteiger partial charge on any atom is -0.335 e. The van der Waals surface area contributed by atoms with Gasteiger partial charge in [-0.2, -0.15) is 0 Å². The summed E-state index contributed by atoms with van der Waals surface area (Å²) in [5.41, 5.74) is 4.93. The first-order chi connectivity index (χ1) is 10.6. The molecule has 1 heterocycles. The highest BCUT2D eigenvalue weighted by atomic mass is 32.1. The van der Waals surface area contributed by atoms with Gasteiger partial charge in [-0.1, -0.05) is 54.6 Å². The molecule has 0 unspecified atom stereocenters. The Morgan fingerprint density at radius 1 is 0.909 bits per heavy atom. The summed E-state index contributed by atoms with van der Waals surface area (Å²) >= 11 is 5.04. The Labute approximate surface area is 133 Å². The van der Waals surface area contributed by atoms with E-state index in [-0.39, 0.29) is 5.56 Å². The molecule has 1 aromatic heterocycles. The van der Waals surface area contributed by atoms with Crippen molar-refractivity contribution >= 4 is 12.2 Å². The fourth-order valence-electron chi connectivity index (χ4n) is 2.42. The van der Waals surface area contributed by atoms with E-state index in [2.05, 4.69) is 46.4 Å². The zero-order valence-corrected chi connectivity index (χ0v) is 13.0. The van der Waals surface area contributed by atoms with E-state index >= 15 is 0 Å². The summed E-state index contributed by atoms with van der Waals surface area (Å²) in [4.78, 5) is 17.4. The molecule has 0 fully saturated rings. The van der Waals surface area contributed by atoms with E-state index in [1.54, 1.807) is 6.92 Å². The van der Waals surface area contributed by atoms with Gasteiger partial charge in [-0.15, -0.1) is 0 Å². The lowest BCUT2D eigenvalue weighted by Gasteiger charge is -2.07. The Bertz CT molecular complexity index is 893. The minimum absolute atomic E-state index is 0.125. The summed E-state index contributed by atoms with van der Waals surface area (Å²) in [6.45, 7) is 1.80. The molecule has 2 N–H and O–H groups in total. The molecule has 0 saturated heterocycles. The van der Waals surface area contributed by atoms with Gasteiger partial charge in [0.15, 0.2) is 4.77 Å². The van der Waals surface area contributed by atoms with Crippen LogP contribution < -0.4 is 5.56 Å². The van der Waals surface area contributed by atoms with Crippen molar-refractivity contribution in [1.82, 2.24) is 9.97 Å². The monoisotopic (exact) mass is 308 g/mol. The van der Waals surface area contributed by atoms with Crippen molar-refractivity contribution in [3.63, 3.8) is 0 Å². The van der Waals surface area contributed by atoms with E-state index in [1.165, 1.54) is 11.1 Å². The molecule has 3 rings (SSSR count). The Morgan fingerprint density at radius 2 is 1.55 bits per heavy atom. The maximum Gasteiger partial charge on any atom is 0.254 e. The number of aromatic nitrogens is 2. The predicted molar refractivity (Wildman–Crippen MR) is 91.7 cm³/mol. The van der Waals surface area contributed by atoms with E-state index in [4.69, 9.17) is 12.2 Å². The number of aromatic amines is 2. The molecule has 3 aromatic rings. The molecule has 110 valence electrons. The summed E-state index contributed by atoms with van der Waals surface area (Å²) in [6.07, 6.45) is 0.661. The zero-order valence-electron chi connectivity index (χ0n) is 12.2. The molecular weight excluding hydrogens is 292 g/mol. The summed E-state index contributed by atoms with van der Waals surface area (Å²) in [5, 5.41) is 0. The lowest BCUT2D eigenvalue weighted by Crippen LogP contribution is -2.15. The first-order valence-electron chi connectivity index (χ1n) is 7.10. The second-order valence-corrected chi connectivity index (χ2v) is 5.66. The Kier molecular flexibility index (Phi) is 4.02. The molecule has 0 aliphatic carbocycles. The summed E-state index contributed by atoms with van der Waals surface area (Å²) in [6, 6.07) is 18.6. The predicted octanol–water partition coefficient (Wildman–Crippen LogP) is 4.00. The van der Waals surface area contributed by atoms with Crippen LogP contribution in [0.1, 0.15) is 16.8 Å². The van der Waals surface area contributed by atoms with Crippen molar-refractivity contribution < 1.29 is 0 Å². The molecule has 22 heavy (non-hydrogen) atoms. The van der Waals surface area contributed by atoms with Crippen LogP contribution in [0.5, 0.6) is 0 Å². The summed E-state index contributed by atoms with van der Waals surface area (Å²) in [5.74, 6) is 0. The fraction of sp³-hybridized carbons (Fsp3) is 0.111. The van der Waals surface area contributed by atoms with Crippen molar-refractivity contribution in [2.24, 2.45) is 0 Å². The van der Waals surface area contributed by atoms with Crippen LogP contribution >= 0.6 is 12.2 Å². The lowest BCUT2D eigenvalue weighted by atomic mass is 10.0. The molecule has 0 atom stereocenters. The highest BCUT2D eigenvalue weighted by molar-refractivity contribution is 7.71. The third-order valence-electron chi connectivity index (χ3n) is 3.73. The van der Waals surface area contributed by atoms with E-state index in [0.717, 1.165) is 11.3 Å². The number of rotatable bonds is 3. The Morgan fingerprint density at radius 3 is 2.23 bits per heavy atom. The van der Waals surface area contributed by atoms with E-state index in [1.807, 2.05) is 18.2 Å². The van der Waals surface area contributed by atoms with Gasteiger partial charge in [0.05, 0.1) is 0 Å². The van der Waals surface area contributed by atoms with Crippen LogP contribution in [0.25, 0.3) is 11.1 Å². The van der Waals surface area contributed by atoms with Crippen molar-refractivity contribution in [3.05, 3.63) is 86.5 Å². The number of H-pyrrole nitrogens is 2. The average Bonchev–Trinajstić information content (AvgIpc) is 2.54. The molecule has 0 bridgehead atoms. The Hall–Kier alpha value is -2.46. The molecule has 2 aromatic carbocycles. The molecule has 0 aliphatic heterocycles. The minimum atomic E-state index is -0.125. The smallest absolute Gasteiger partial charge is 0.254 e. The molecule has 4 heteroatoms. The van der Waals surface area contributed by atoms with Crippen molar-refractivity contribution in [3.8, 4) is 11.1 Å². The maximum absolute atomic E-state index is 11.7. The first kappa shape index (κ1) is 14.5. The highest BCUT2D eigenvalue weighted by Gasteiger charge is 2.05. The molecule has 3 nitrogen and oxygen atoms in total. The van der Waals surface area contributed by atoms with Gasteiger partial charge in [0.1, 0.15) is 0 Å². The van der Waals surface area contributed by atoms with Crippen LogP contribution in [-0.4, -0.2) is 9.97 Å². The van der Waals surface area contributed by atoms with Gasteiger partial charge in [0, 0.05) is 17.7 Å². The van der Waals surface area contributed by atoms with Gasteiger partial charge in [-0.05, 0) is 35.8 Å². The SMILES string of the molecule is Cc1c(Cc2ccc(-c3ccccc3)cc2)[nH]c(=S)[nH]c1=O. The Balaban J connectivity index is 1.89. The third-order valence-corrected chi connectivity index (χ3v) is 3.93. The topological polar surface area (TPSA) is 48.6 Å². The maximum atomic E-state index is 11.7. The van der Waals surface area contributed by atoms with E-state index < -0.39 is 0 Å². The number of hydrogen-bond acceptors (Lipinski definition) is 2. The van der Waals surface area contributed by atoms with Crippen molar-refractivity contribution in [2.45, 2.75) is 13.3 Å². The van der Waals surface area contributed by atoms with Gasteiger partial charge in [0.2, 0.25) is 0 Å². The molecule has 0 amide bonds. The van der Waals surface area contributed by atoms with E-state index in [9.17, 15) is 4.79 Å². The highest BCUT2D eigenvalue weighted by Crippen LogP contribution is 2.20. The zero-order chi connectivity index (χ0) is 15.5. The van der Waals surface area contributed by atoms with Crippen LogP contribution in [0.2, 0.25) is 0 Å². The quantitative estimate of drug-likeness (QED) is 0.719. The van der Waals surface area contributed by atoms with Gasteiger partial charge < -0.3 is 4.98 Å². The van der Waals surface area contributed by atoms with Crippen molar-refractivity contribution in [2.75, 3.05) is 0 Å². The van der Waals surface area contributed by atoms with E-state index in [0.29, 0.717) is 16.8 Å². The molecule has 0 radical (unpaired) electrons. The van der Waals surface area contributed by atoms with Crippen LogP contribution in [0.15, 0.2) is 59.4 Å². The summed E-state index contributed by atoms with van der Waals surface area (Å²) < 4.78 is 0.367. The number of nitrogens with one attached hydrogen (secondary N) is 2. The normalized spacial score (nSPS) is 10.6. The average molecular weight is 308 g/mol. The third kappa shape index (κ3) is 3.07. The number of benzene rings is 2. The lowest BCUT2D eigenvalue weighted by molar-refractivity contribution is 0.953. The molecule has 0 saturated carbocycles. The second kappa shape index (κ2) is 6.12.